The van der Waals surface area contributed by atoms with E-state index in [9.17, 15) is 9.59 Å². The molecule has 0 bridgehead atoms. The topological polar surface area (TPSA) is 79.6 Å². The number of hydrogen-bond donors (Lipinski definition) is 0. The molecule has 2 rings (SSSR count). The Morgan fingerprint density at radius 2 is 1.81 bits per heavy atom. The Balaban J connectivity index is 1.90. The molecule has 27 heavy (non-hydrogen) atoms. The number of ether oxygens (including phenoxy) is 2. The summed E-state index contributed by atoms with van der Waals surface area (Å²) in [5.41, 5.74) is 1.69. The Hall–Kier alpha value is -3.04. The highest BCUT2D eigenvalue weighted by Gasteiger charge is 2.18. The number of anilines is 1. The maximum atomic E-state index is 12.4. The molecule has 0 heterocycles. The molecule has 0 fully saturated rings. The number of benzene rings is 2. The second-order valence-corrected chi connectivity index (χ2v) is 6.08. The molecule has 0 atom stereocenters. The van der Waals surface area contributed by atoms with Crippen LogP contribution in [0.3, 0.4) is 0 Å². The van der Waals surface area contributed by atoms with E-state index in [1.165, 1.54) is 4.90 Å². The number of rotatable bonds is 8. The number of carbonyl (C=O) groups excluding carboxylic acids is 2. The van der Waals surface area contributed by atoms with Crippen LogP contribution in [0.2, 0.25) is 5.02 Å². The first-order chi connectivity index (χ1) is 13.0. The highest BCUT2D eigenvalue weighted by atomic mass is 35.5. The third-order valence-corrected chi connectivity index (χ3v) is 3.94. The maximum absolute atomic E-state index is 12.4. The Kier molecular flexibility index (Phi) is 7.65. The molecule has 0 aliphatic rings. The number of nitrogens with zero attached hydrogens (tertiary/aromatic N) is 2. The molecular formula is C20H19ClN2O4. The Labute approximate surface area is 162 Å². The van der Waals surface area contributed by atoms with E-state index < -0.39 is 18.5 Å². The van der Waals surface area contributed by atoms with Crippen LogP contribution < -0.4 is 9.64 Å². The van der Waals surface area contributed by atoms with Gasteiger partial charge in [-0.3, -0.25) is 4.79 Å². The minimum atomic E-state index is -0.688. The zero-order valence-electron chi connectivity index (χ0n) is 14.9. The highest BCUT2D eigenvalue weighted by Crippen LogP contribution is 2.23. The van der Waals surface area contributed by atoms with Gasteiger partial charge in [0.2, 0.25) is 0 Å². The quantitative estimate of drug-likeness (QED) is 0.648. The zero-order chi connectivity index (χ0) is 19.6. The molecule has 6 nitrogen and oxygen atoms in total. The molecular weight excluding hydrogens is 368 g/mol. The number of carbonyl (C=O) groups is 2. The van der Waals surface area contributed by atoms with Crippen molar-refractivity contribution in [2.45, 2.75) is 13.3 Å². The van der Waals surface area contributed by atoms with Crippen LogP contribution in [0.25, 0.3) is 0 Å². The second-order valence-electron chi connectivity index (χ2n) is 5.67. The normalized spacial score (nSPS) is 9.96. The summed E-state index contributed by atoms with van der Waals surface area (Å²) in [4.78, 5) is 25.7. The van der Waals surface area contributed by atoms with Crippen LogP contribution in [0.5, 0.6) is 5.75 Å². The number of para-hydroxylation sites is 1. The molecule has 0 N–H and O–H groups in total. The Bertz CT molecular complexity index is 831. The third kappa shape index (κ3) is 6.32. The fourth-order valence-corrected chi connectivity index (χ4v) is 2.43. The fraction of sp³-hybridized carbons (Fsp3) is 0.250. The molecule has 2 aromatic rings. The fourth-order valence-electron chi connectivity index (χ4n) is 2.24. The molecule has 140 valence electrons. The van der Waals surface area contributed by atoms with E-state index in [2.05, 4.69) is 0 Å². The molecule has 0 radical (unpaired) electrons. The maximum Gasteiger partial charge on any atom is 0.344 e. The Morgan fingerprint density at radius 3 is 2.48 bits per heavy atom. The van der Waals surface area contributed by atoms with Crippen LogP contribution >= 0.6 is 11.6 Å². The van der Waals surface area contributed by atoms with Crippen LogP contribution in [0.15, 0.2) is 48.5 Å². The predicted octanol–water partition coefficient (Wildman–Crippen LogP) is 3.52. The van der Waals surface area contributed by atoms with Crippen molar-refractivity contribution in [2.24, 2.45) is 0 Å². The SMILES string of the molecule is Cc1ccc(N(CCC#N)C(=O)COC(=O)COc2ccccc2Cl)cc1. The van der Waals surface area contributed by atoms with E-state index >= 15 is 0 Å². The van der Waals surface area contributed by atoms with Gasteiger partial charge in [0.25, 0.3) is 5.91 Å². The van der Waals surface area contributed by atoms with E-state index in [0.717, 1.165) is 5.56 Å². The molecule has 0 aliphatic carbocycles. The number of esters is 1. The molecule has 2 aromatic carbocycles. The first-order valence-corrected chi connectivity index (χ1v) is 8.66. The number of nitriles is 1. The summed E-state index contributed by atoms with van der Waals surface area (Å²) in [7, 11) is 0. The van der Waals surface area contributed by atoms with Crippen molar-refractivity contribution in [3.8, 4) is 11.8 Å². The van der Waals surface area contributed by atoms with Crippen LogP contribution in [-0.4, -0.2) is 31.6 Å². The van der Waals surface area contributed by atoms with Gasteiger partial charge in [-0.2, -0.15) is 5.26 Å². The van der Waals surface area contributed by atoms with Gasteiger partial charge in [0.05, 0.1) is 17.5 Å². The van der Waals surface area contributed by atoms with Crippen molar-refractivity contribution in [3.05, 3.63) is 59.1 Å². The summed E-state index contributed by atoms with van der Waals surface area (Å²) < 4.78 is 10.3. The summed E-state index contributed by atoms with van der Waals surface area (Å²) in [5, 5.41) is 9.18. The van der Waals surface area contributed by atoms with E-state index in [0.29, 0.717) is 16.5 Å². The summed E-state index contributed by atoms with van der Waals surface area (Å²) in [6.45, 7) is 1.35. The second kappa shape index (κ2) is 10.2. The van der Waals surface area contributed by atoms with Crippen LogP contribution in [0, 0.1) is 18.3 Å². The van der Waals surface area contributed by atoms with E-state index in [4.69, 9.17) is 26.3 Å². The number of halogens is 1. The molecule has 0 spiro atoms. The molecule has 7 heteroatoms. The van der Waals surface area contributed by atoms with Crippen molar-refractivity contribution in [1.82, 2.24) is 0 Å². The predicted molar refractivity (Wildman–Crippen MR) is 102 cm³/mol. The lowest BCUT2D eigenvalue weighted by atomic mass is 10.2. The van der Waals surface area contributed by atoms with Crippen molar-refractivity contribution in [3.63, 3.8) is 0 Å². The summed E-state index contributed by atoms with van der Waals surface area (Å²) in [6, 6.07) is 16.0. The smallest absolute Gasteiger partial charge is 0.344 e. The minimum absolute atomic E-state index is 0.170. The molecule has 1 amide bonds. The largest absolute Gasteiger partial charge is 0.480 e. The lowest BCUT2D eigenvalue weighted by Gasteiger charge is -2.21. The van der Waals surface area contributed by atoms with Crippen LogP contribution in [-0.2, 0) is 14.3 Å². The summed E-state index contributed by atoms with van der Waals surface area (Å²) in [5.74, 6) is -0.745. The molecule has 0 saturated heterocycles. The number of hydrogen-bond acceptors (Lipinski definition) is 5. The molecule has 0 aromatic heterocycles. The number of aryl methyl sites for hydroxylation is 1. The van der Waals surface area contributed by atoms with Gasteiger partial charge in [-0.1, -0.05) is 41.4 Å². The van der Waals surface area contributed by atoms with E-state index in [1.54, 1.807) is 36.4 Å². The van der Waals surface area contributed by atoms with Gasteiger partial charge >= 0.3 is 5.97 Å². The van der Waals surface area contributed by atoms with Crippen molar-refractivity contribution < 1.29 is 19.1 Å². The average molecular weight is 387 g/mol. The summed E-state index contributed by atoms with van der Waals surface area (Å²) >= 11 is 5.94. The van der Waals surface area contributed by atoms with Gasteiger partial charge in [0.15, 0.2) is 13.2 Å². The summed E-state index contributed by atoms with van der Waals surface area (Å²) in [6.07, 6.45) is 0.170. The van der Waals surface area contributed by atoms with Crippen LogP contribution in [0.1, 0.15) is 12.0 Å². The molecule has 0 aliphatic heterocycles. The van der Waals surface area contributed by atoms with Gasteiger partial charge in [-0.05, 0) is 31.2 Å². The minimum Gasteiger partial charge on any atom is -0.480 e. The van der Waals surface area contributed by atoms with E-state index in [1.807, 2.05) is 25.1 Å². The van der Waals surface area contributed by atoms with Gasteiger partial charge in [-0.15, -0.1) is 0 Å². The molecule has 0 saturated carbocycles. The standard InChI is InChI=1S/C20H19ClN2O4/c1-15-7-9-16(10-8-15)23(12-4-11-22)19(24)13-27-20(25)14-26-18-6-3-2-5-17(18)21/h2-3,5-10H,4,12-14H2,1H3. The van der Waals surface area contributed by atoms with Gasteiger partial charge in [-0.25, -0.2) is 4.79 Å². The monoisotopic (exact) mass is 386 g/mol. The number of amides is 1. The van der Waals surface area contributed by atoms with Gasteiger partial charge in [0.1, 0.15) is 5.75 Å². The lowest BCUT2D eigenvalue weighted by Crippen LogP contribution is -2.36. The lowest BCUT2D eigenvalue weighted by molar-refractivity contribution is -0.149. The van der Waals surface area contributed by atoms with E-state index in [-0.39, 0.29) is 19.6 Å². The van der Waals surface area contributed by atoms with Crippen molar-refractivity contribution >= 4 is 29.2 Å². The third-order valence-electron chi connectivity index (χ3n) is 3.63. The van der Waals surface area contributed by atoms with Crippen molar-refractivity contribution in [1.29, 1.82) is 5.26 Å². The first kappa shape index (κ1) is 20.3. The molecule has 0 unspecified atom stereocenters. The van der Waals surface area contributed by atoms with Gasteiger partial charge < -0.3 is 14.4 Å². The average Bonchev–Trinajstić information content (AvgIpc) is 2.67. The van der Waals surface area contributed by atoms with Crippen molar-refractivity contribution in [2.75, 3.05) is 24.7 Å². The first-order valence-electron chi connectivity index (χ1n) is 8.28. The zero-order valence-corrected chi connectivity index (χ0v) is 15.6. The van der Waals surface area contributed by atoms with Gasteiger partial charge in [0, 0.05) is 12.2 Å². The Morgan fingerprint density at radius 1 is 1.11 bits per heavy atom. The van der Waals surface area contributed by atoms with Crippen LogP contribution in [0.4, 0.5) is 5.69 Å². The highest BCUT2D eigenvalue weighted by molar-refractivity contribution is 6.32.